The van der Waals surface area contributed by atoms with Crippen LogP contribution in [0.4, 0.5) is 5.69 Å². The number of rotatable bonds is 6. The van der Waals surface area contributed by atoms with Crippen molar-refractivity contribution in [3.8, 4) is 0 Å². The Morgan fingerprint density at radius 3 is 2.48 bits per heavy atom. The quantitative estimate of drug-likeness (QED) is 0.884. The van der Waals surface area contributed by atoms with Gasteiger partial charge >= 0.3 is 0 Å². The van der Waals surface area contributed by atoms with E-state index in [4.69, 9.17) is 11.6 Å². The van der Waals surface area contributed by atoms with Gasteiger partial charge in [-0.1, -0.05) is 41.9 Å². The predicted molar refractivity (Wildman–Crippen MR) is 88.6 cm³/mol. The minimum atomic E-state index is -3.09. The van der Waals surface area contributed by atoms with Crippen LogP contribution in [0.1, 0.15) is 11.1 Å². The summed E-state index contributed by atoms with van der Waals surface area (Å²) >= 11 is 6.04. The maximum Gasteiger partial charge on any atom is 0.151 e. The highest BCUT2D eigenvalue weighted by Crippen LogP contribution is 2.22. The molecule has 21 heavy (non-hydrogen) atoms. The molecule has 0 atom stereocenters. The highest BCUT2D eigenvalue weighted by Gasteiger charge is 2.09. The first-order valence-electron chi connectivity index (χ1n) is 6.68. The van der Waals surface area contributed by atoms with E-state index in [-0.39, 0.29) is 5.75 Å². The van der Waals surface area contributed by atoms with E-state index in [9.17, 15) is 8.42 Å². The van der Waals surface area contributed by atoms with E-state index >= 15 is 0 Å². The van der Waals surface area contributed by atoms with Crippen LogP contribution in [0.5, 0.6) is 0 Å². The van der Waals surface area contributed by atoms with E-state index in [2.05, 4.69) is 17.4 Å². The lowest BCUT2D eigenvalue weighted by molar-refractivity contribution is 0.601. The zero-order chi connectivity index (χ0) is 15.3. The van der Waals surface area contributed by atoms with Crippen LogP contribution in [0.25, 0.3) is 0 Å². The number of hydrogen-bond acceptors (Lipinski definition) is 3. The zero-order valence-electron chi connectivity index (χ0n) is 11.8. The second-order valence-corrected chi connectivity index (χ2v) is 7.59. The van der Waals surface area contributed by atoms with E-state index in [1.807, 2.05) is 24.3 Å². The lowest BCUT2D eigenvalue weighted by atomic mass is 10.1. The van der Waals surface area contributed by atoms with Crippen molar-refractivity contribution < 1.29 is 8.42 Å². The van der Waals surface area contributed by atoms with Gasteiger partial charge in [0.05, 0.1) is 5.75 Å². The molecule has 0 bridgehead atoms. The van der Waals surface area contributed by atoms with Crippen molar-refractivity contribution in [1.29, 1.82) is 0 Å². The molecule has 0 spiro atoms. The Morgan fingerprint density at radius 2 is 1.81 bits per heavy atom. The van der Waals surface area contributed by atoms with E-state index in [1.54, 1.807) is 12.1 Å². The number of benzene rings is 2. The van der Waals surface area contributed by atoms with Crippen molar-refractivity contribution in [2.24, 2.45) is 0 Å². The van der Waals surface area contributed by atoms with Crippen LogP contribution in [-0.2, 0) is 22.0 Å². The third kappa shape index (κ3) is 5.40. The molecule has 0 saturated carbocycles. The van der Waals surface area contributed by atoms with Crippen LogP contribution in [0, 0.1) is 0 Å². The van der Waals surface area contributed by atoms with Gasteiger partial charge in [-0.15, -0.1) is 0 Å². The van der Waals surface area contributed by atoms with Crippen LogP contribution in [0.15, 0.2) is 48.5 Å². The molecule has 0 saturated heterocycles. The van der Waals surface area contributed by atoms with Crippen molar-refractivity contribution in [1.82, 2.24) is 0 Å². The molecule has 0 amide bonds. The van der Waals surface area contributed by atoms with Crippen LogP contribution >= 0.6 is 11.6 Å². The fraction of sp³-hybridized carbons (Fsp3) is 0.250. The maximum absolute atomic E-state index is 11.4. The first kappa shape index (κ1) is 15.9. The molecule has 0 aliphatic carbocycles. The van der Waals surface area contributed by atoms with Crippen molar-refractivity contribution in [3.05, 3.63) is 64.7 Å². The smallest absolute Gasteiger partial charge is 0.151 e. The summed E-state index contributed by atoms with van der Waals surface area (Å²) in [4.78, 5) is 0. The topological polar surface area (TPSA) is 46.2 Å². The summed E-state index contributed by atoms with van der Waals surface area (Å²) in [6, 6.07) is 15.6. The van der Waals surface area contributed by atoms with Gasteiger partial charge in [-0.3, -0.25) is 0 Å². The Kier molecular flexibility index (Phi) is 5.26. The lowest BCUT2D eigenvalue weighted by Crippen LogP contribution is -2.06. The number of anilines is 1. The maximum atomic E-state index is 11.4. The molecule has 112 valence electrons. The summed E-state index contributed by atoms with van der Waals surface area (Å²) in [6.45, 7) is 0.782. The fourth-order valence-electron chi connectivity index (χ4n) is 2.07. The Bertz CT molecular complexity index is 699. The van der Waals surface area contributed by atoms with Gasteiger partial charge in [-0.2, -0.15) is 0 Å². The Morgan fingerprint density at radius 1 is 1.10 bits per heavy atom. The number of halogens is 1. The molecule has 5 heteroatoms. The molecule has 2 aromatic rings. The number of hydrogen-bond donors (Lipinski definition) is 1. The molecule has 0 aliphatic rings. The zero-order valence-corrected chi connectivity index (χ0v) is 13.4. The lowest BCUT2D eigenvalue weighted by Gasteiger charge is -2.10. The molecular formula is C16H18ClNO2S. The Labute approximate surface area is 130 Å². The second kappa shape index (κ2) is 6.96. The van der Waals surface area contributed by atoms with Crippen LogP contribution in [0.2, 0.25) is 5.02 Å². The predicted octanol–water partition coefficient (Wildman–Crippen LogP) is 3.54. The molecule has 0 heterocycles. The summed E-state index contributed by atoms with van der Waals surface area (Å²) in [7, 11) is -3.09. The largest absolute Gasteiger partial charge is 0.385 e. The summed E-state index contributed by atoms with van der Waals surface area (Å²) < 4.78 is 22.8. The average Bonchev–Trinajstić information content (AvgIpc) is 2.42. The second-order valence-electron chi connectivity index (χ2n) is 5.04. The van der Waals surface area contributed by atoms with Gasteiger partial charge in [0.1, 0.15) is 0 Å². The van der Waals surface area contributed by atoms with Gasteiger partial charge in [0.2, 0.25) is 0 Å². The SMILES string of the molecule is CS(=O)(=O)Cc1cc(NCCc2ccccc2)ccc1Cl. The highest BCUT2D eigenvalue weighted by molar-refractivity contribution is 7.89. The third-order valence-corrected chi connectivity index (χ3v) is 4.25. The van der Waals surface area contributed by atoms with Gasteiger partial charge < -0.3 is 5.32 Å². The first-order valence-corrected chi connectivity index (χ1v) is 9.12. The standard InChI is InChI=1S/C16H18ClNO2S/c1-21(19,20)12-14-11-15(7-8-16(14)17)18-10-9-13-5-3-2-4-6-13/h2-8,11,18H,9-10,12H2,1H3. The highest BCUT2D eigenvalue weighted by atomic mass is 35.5. The molecule has 1 N–H and O–H groups in total. The van der Waals surface area contributed by atoms with Crippen molar-refractivity contribution in [2.45, 2.75) is 12.2 Å². The summed E-state index contributed by atoms with van der Waals surface area (Å²) in [6.07, 6.45) is 2.11. The van der Waals surface area contributed by atoms with Gasteiger partial charge in [0, 0.05) is 23.5 Å². The van der Waals surface area contributed by atoms with Crippen molar-refractivity contribution in [2.75, 3.05) is 18.1 Å². The summed E-state index contributed by atoms with van der Waals surface area (Å²) in [5, 5.41) is 3.77. The van der Waals surface area contributed by atoms with Gasteiger partial charge in [0.15, 0.2) is 9.84 Å². The Hall–Kier alpha value is -1.52. The van der Waals surface area contributed by atoms with E-state index in [0.29, 0.717) is 10.6 Å². The van der Waals surface area contributed by atoms with Crippen molar-refractivity contribution in [3.63, 3.8) is 0 Å². The molecule has 2 aromatic carbocycles. The van der Waals surface area contributed by atoms with E-state index < -0.39 is 9.84 Å². The molecule has 0 aliphatic heterocycles. The van der Waals surface area contributed by atoms with Crippen LogP contribution in [0.3, 0.4) is 0 Å². The molecule has 2 rings (SSSR count). The van der Waals surface area contributed by atoms with Crippen LogP contribution < -0.4 is 5.32 Å². The van der Waals surface area contributed by atoms with Gasteiger partial charge in [-0.05, 0) is 35.7 Å². The van der Waals surface area contributed by atoms with Crippen molar-refractivity contribution >= 4 is 27.1 Å². The molecular weight excluding hydrogens is 306 g/mol. The molecule has 0 aromatic heterocycles. The molecule has 3 nitrogen and oxygen atoms in total. The minimum absolute atomic E-state index is 0.0416. The molecule has 0 radical (unpaired) electrons. The fourth-order valence-corrected chi connectivity index (χ4v) is 3.14. The number of sulfone groups is 1. The molecule has 0 fully saturated rings. The van der Waals surface area contributed by atoms with E-state index in [1.165, 1.54) is 11.8 Å². The monoisotopic (exact) mass is 323 g/mol. The minimum Gasteiger partial charge on any atom is -0.385 e. The summed E-state index contributed by atoms with van der Waals surface area (Å²) in [5.74, 6) is -0.0416. The Balaban J connectivity index is 1.99. The number of nitrogens with one attached hydrogen (secondary N) is 1. The molecule has 0 unspecified atom stereocenters. The summed E-state index contributed by atoms with van der Waals surface area (Å²) in [5.41, 5.74) is 2.77. The van der Waals surface area contributed by atoms with Gasteiger partial charge in [-0.25, -0.2) is 8.42 Å². The normalized spacial score (nSPS) is 11.3. The first-order chi connectivity index (χ1) is 9.94. The third-order valence-electron chi connectivity index (χ3n) is 3.05. The van der Waals surface area contributed by atoms with Gasteiger partial charge in [0.25, 0.3) is 0 Å². The van der Waals surface area contributed by atoms with Crippen LogP contribution in [-0.4, -0.2) is 21.2 Å². The van der Waals surface area contributed by atoms with E-state index in [0.717, 1.165) is 18.7 Å². The average molecular weight is 324 g/mol.